The number of nitrogens with one attached hydrogen (secondary N) is 1. The summed E-state index contributed by atoms with van der Waals surface area (Å²) < 4.78 is 0. The maximum Gasteiger partial charge on any atom is 0.237 e. The molecule has 1 aliphatic heterocycles. The summed E-state index contributed by atoms with van der Waals surface area (Å²) in [6.45, 7) is 5.46. The Morgan fingerprint density at radius 3 is 2.95 bits per heavy atom. The van der Waals surface area contributed by atoms with E-state index in [1.165, 1.54) is 16.0 Å². The van der Waals surface area contributed by atoms with Gasteiger partial charge in [0.05, 0.1) is 12.6 Å². The first-order valence-electron chi connectivity index (χ1n) is 7.53. The fourth-order valence-electron chi connectivity index (χ4n) is 2.96. The first-order chi connectivity index (χ1) is 10.8. The minimum atomic E-state index is 0.0363. The summed E-state index contributed by atoms with van der Waals surface area (Å²) in [6, 6.07) is 12.5. The number of fused-ring (bicyclic) bond motifs is 1. The minimum absolute atomic E-state index is 0.0363. The fourth-order valence-corrected chi connectivity index (χ4v) is 3.87. The third kappa shape index (κ3) is 2.98. The van der Waals surface area contributed by atoms with Crippen LogP contribution >= 0.6 is 11.3 Å². The number of carbonyl (C=O) groups is 1. The van der Waals surface area contributed by atoms with E-state index < -0.39 is 0 Å². The molecular weight excluding hydrogens is 292 g/mol. The van der Waals surface area contributed by atoms with Crippen LogP contribution < -0.4 is 5.32 Å². The molecule has 2 aromatic rings. The normalized spacial score (nSPS) is 17.1. The molecule has 1 atom stereocenters. The molecule has 22 heavy (non-hydrogen) atoms. The lowest BCUT2D eigenvalue weighted by molar-refractivity contribution is -0.132. The van der Waals surface area contributed by atoms with Gasteiger partial charge in [-0.15, -0.1) is 17.9 Å². The van der Waals surface area contributed by atoms with E-state index in [-0.39, 0.29) is 11.9 Å². The molecule has 0 saturated heterocycles. The fraction of sp³-hybridized carbons (Fsp3) is 0.278. The highest BCUT2D eigenvalue weighted by Crippen LogP contribution is 2.37. The Hall–Kier alpha value is -1.91. The van der Waals surface area contributed by atoms with Gasteiger partial charge in [-0.3, -0.25) is 4.79 Å². The van der Waals surface area contributed by atoms with Gasteiger partial charge in [-0.05, 0) is 29.0 Å². The number of nitrogens with zero attached hydrogens (tertiary/aromatic N) is 1. The molecule has 4 heteroatoms. The lowest BCUT2D eigenvalue weighted by atomic mass is 9.93. The van der Waals surface area contributed by atoms with Crippen molar-refractivity contribution < 1.29 is 4.79 Å². The molecule has 0 unspecified atom stereocenters. The number of hydrogen-bond acceptors (Lipinski definition) is 3. The average molecular weight is 312 g/mol. The van der Waals surface area contributed by atoms with E-state index in [2.05, 4.69) is 35.5 Å². The van der Waals surface area contributed by atoms with Crippen molar-refractivity contribution >= 4 is 17.2 Å². The second-order valence-electron chi connectivity index (χ2n) is 5.37. The van der Waals surface area contributed by atoms with Crippen molar-refractivity contribution in [2.45, 2.75) is 12.5 Å². The number of carbonyl (C=O) groups excluding carboxylic acids is 1. The van der Waals surface area contributed by atoms with Crippen LogP contribution in [0, 0.1) is 0 Å². The zero-order valence-corrected chi connectivity index (χ0v) is 13.3. The number of benzene rings is 1. The van der Waals surface area contributed by atoms with E-state index in [1.807, 2.05) is 23.1 Å². The van der Waals surface area contributed by atoms with E-state index in [0.29, 0.717) is 13.1 Å². The molecule has 0 spiro atoms. The summed E-state index contributed by atoms with van der Waals surface area (Å²) in [6.07, 6.45) is 2.72. The van der Waals surface area contributed by atoms with Gasteiger partial charge >= 0.3 is 0 Å². The molecule has 3 nitrogen and oxygen atoms in total. The van der Waals surface area contributed by atoms with E-state index in [0.717, 1.165) is 13.0 Å². The molecule has 1 aliphatic rings. The van der Waals surface area contributed by atoms with Crippen molar-refractivity contribution in [2.75, 3.05) is 19.6 Å². The summed E-state index contributed by atoms with van der Waals surface area (Å²) in [5.74, 6) is 0.146. The van der Waals surface area contributed by atoms with Crippen LogP contribution in [0.2, 0.25) is 0 Å². The molecule has 0 aliphatic carbocycles. The Bertz CT molecular complexity index is 650. The highest BCUT2D eigenvalue weighted by atomic mass is 32.1. The van der Waals surface area contributed by atoms with E-state index in [9.17, 15) is 4.79 Å². The Balaban J connectivity index is 1.89. The van der Waals surface area contributed by atoms with Gasteiger partial charge in [-0.2, -0.15) is 0 Å². The molecule has 3 rings (SSSR count). The van der Waals surface area contributed by atoms with Gasteiger partial charge in [0, 0.05) is 18.0 Å². The van der Waals surface area contributed by atoms with Gasteiger partial charge in [0.15, 0.2) is 0 Å². The Morgan fingerprint density at radius 1 is 1.36 bits per heavy atom. The van der Waals surface area contributed by atoms with Crippen LogP contribution in [0.3, 0.4) is 0 Å². The van der Waals surface area contributed by atoms with Crippen LogP contribution in [0.25, 0.3) is 0 Å². The van der Waals surface area contributed by atoms with Gasteiger partial charge in [0.1, 0.15) is 0 Å². The predicted octanol–water partition coefficient (Wildman–Crippen LogP) is 3.00. The molecule has 2 heterocycles. The topological polar surface area (TPSA) is 32.3 Å². The Kier molecular flexibility index (Phi) is 4.71. The number of thiophene rings is 1. The third-order valence-corrected chi connectivity index (χ3v) is 4.96. The van der Waals surface area contributed by atoms with Gasteiger partial charge in [0.2, 0.25) is 5.91 Å². The molecule has 1 N–H and O–H groups in total. The SMILES string of the molecule is C=CCNCC(=O)N1CCc2sccc2[C@H]1c1ccccc1. The number of amides is 1. The lowest BCUT2D eigenvalue weighted by Crippen LogP contribution is -2.44. The standard InChI is InChI=1S/C18H20N2OS/c1-2-10-19-13-17(21)20-11-8-16-15(9-12-22-16)18(20)14-6-4-3-5-7-14/h2-7,9,12,18-19H,1,8,10-11,13H2/t18-/m1/s1. The zero-order valence-electron chi connectivity index (χ0n) is 12.5. The van der Waals surface area contributed by atoms with Crippen molar-refractivity contribution in [3.63, 3.8) is 0 Å². The number of hydrogen-bond donors (Lipinski definition) is 1. The van der Waals surface area contributed by atoms with Crippen molar-refractivity contribution in [1.29, 1.82) is 0 Å². The van der Waals surface area contributed by atoms with E-state index >= 15 is 0 Å². The van der Waals surface area contributed by atoms with Crippen LogP contribution in [-0.4, -0.2) is 30.4 Å². The van der Waals surface area contributed by atoms with Crippen LogP contribution in [0.1, 0.15) is 22.0 Å². The lowest BCUT2D eigenvalue weighted by Gasteiger charge is -2.36. The smallest absolute Gasteiger partial charge is 0.237 e. The summed E-state index contributed by atoms with van der Waals surface area (Å²) >= 11 is 1.79. The van der Waals surface area contributed by atoms with Gasteiger partial charge in [-0.1, -0.05) is 36.4 Å². The maximum atomic E-state index is 12.6. The van der Waals surface area contributed by atoms with Crippen LogP contribution in [0.15, 0.2) is 54.4 Å². The highest BCUT2D eigenvalue weighted by molar-refractivity contribution is 7.10. The molecular formula is C18H20N2OS. The van der Waals surface area contributed by atoms with Crippen LogP contribution in [-0.2, 0) is 11.2 Å². The van der Waals surface area contributed by atoms with Crippen molar-refractivity contribution in [1.82, 2.24) is 10.2 Å². The largest absolute Gasteiger partial charge is 0.330 e. The monoisotopic (exact) mass is 312 g/mol. The predicted molar refractivity (Wildman–Crippen MR) is 91.1 cm³/mol. The number of rotatable bonds is 5. The van der Waals surface area contributed by atoms with E-state index in [4.69, 9.17) is 0 Å². The summed E-state index contributed by atoms with van der Waals surface area (Å²) in [7, 11) is 0. The molecule has 0 radical (unpaired) electrons. The molecule has 1 amide bonds. The summed E-state index contributed by atoms with van der Waals surface area (Å²) in [4.78, 5) is 16.0. The highest BCUT2D eigenvalue weighted by Gasteiger charge is 2.32. The second-order valence-corrected chi connectivity index (χ2v) is 6.37. The van der Waals surface area contributed by atoms with Crippen LogP contribution in [0.4, 0.5) is 0 Å². The maximum absolute atomic E-state index is 12.6. The minimum Gasteiger partial charge on any atom is -0.330 e. The molecule has 0 fully saturated rings. The molecule has 0 bridgehead atoms. The molecule has 1 aromatic heterocycles. The van der Waals surface area contributed by atoms with Crippen LogP contribution in [0.5, 0.6) is 0 Å². The van der Waals surface area contributed by atoms with Crippen molar-refractivity contribution in [2.24, 2.45) is 0 Å². The summed E-state index contributed by atoms with van der Waals surface area (Å²) in [5, 5.41) is 5.24. The Morgan fingerprint density at radius 2 is 2.18 bits per heavy atom. The quantitative estimate of drug-likeness (QED) is 0.680. The molecule has 1 aromatic carbocycles. The summed E-state index contributed by atoms with van der Waals surface area (Å²) in [5.41, 5.74) is 2.46. The zero-order chi connectivity index (χ0) is 15.4. The van der Waals surface area contributed by atoms with Crippen molar-refractivity contribution in [3.05, 3.63) is 70.4 Å². The Labute approximate surface area is 135 Å². The second kappa shape index (κ2) is 6.90. The third-order valence-electron chi connectivity index (χ3n) is 3.97. The first-order valence-corrected chi connectivity index (χ1v) is 8.41. The first kappa shape index (κ1) is 15.0. The average Bonchev–Trinajstić information content (AvgIpc) is 3.03. The van der Waals surface area contributed by atoms with Crippen molar-refractivity contribution in [3.8, 4) is 0 Å². The van der Waals surface area contributed by atoms with Gasteiger partial charge < -0.3 is 10.2 Å². The molecule has 0 saturated carbocycles. The molecule has 114 valence electrons. The van der Waals surface area contributed by atoms with E-state index in [1.54, 1.807) is 17.4 Å². The van der Waals surface area contributed by atoms with Gasteiger partial charge in [0.25, 0.3) is 0 Å². The van der Waals surface area contributed by atoms with Gasteiger partial charge in [-0.25, -0.2) is 0 Å².